The molecule has 0 saturated carbocycles. The predicted octanol–water partition coefficient (Wildman–Crippen LogP) is 0.626. The van der Waals surface area contributed by atoms with Crippen molar-refractivity contribution in [2.45, 2.75) is 0 Å². The Kier molecular flexibility index (Phi) is 2.31. The monoisotopic (exact) mass is 183 g/mol. The molecule has 0 fully saturated rings. The summed E-state index contributed by atoms with van der Waals surface area (Å²) in [6.07, 6.45) is 0. The summed E-state index contributed by atoms with van der Waals surface area (Å²) in [5.41, 5.74) is 5.62. The molecule has 0 bridgehead atoms. The Morgan fingerprint density at radius 2 is 2.25 bits per heavy atom. The molecule has 0 atom stereocenters. The molecule has 5 nitrogen and oxygen atoms in total. The van der Waals surface area contributed by atoms with E-state index in [1.165, 1.54) is 0 Å². The lowest BCUT2D eigenvalue weighted by Crippen LogP contribution is -2.03. The first kappa shape index (κ1) is 8.56. The van der Waals surface area contributed by atoms with Gasteiger partial charge in [0.2, 0.25) is 5.28 Å². The Bertz CT molecular complexity index is 343. The lowest BCUT2D eigenvalue weighted by Gasteiger charge is -2.03. The number of nitrogen functional groups attached to an aromatic ring is 1. The second kappa shape index (κ2) is 3.24. The second-order valence-electron chi connectivity index (χ2n) is 1.96. The third-order valence-electron chi connectivity index (χ3n) is 1.26. The van der Waals surface area contributed by atoms with Gasteiger partial charge < -0.3 is 11.1 Å². The quantitative estimate of drug-likeness (QED) is 0.624. The van der Waals surface area contributed by atoms with Gasteiger partial charge in [-0.15, -0.1) is 0 Å². The van der Waals surface area contributed by atoms with Gasteiger partial charge in [-0.25, -0.2) is 0 Å². The Morgan fingerprint density at radius 3 is 2.75 bits per heavy atom. The summed E-state index contributed by atoms with van der Waals surface area (Å²) in [4.78, 5) is 7.39. The van der Waals surface area contributed by atoms with E-state index in [0.717, 1.165) is 0 Å². The minimum absolute atomic E-state index is 0.0239. The Labute approximate surface area is 74.2 Å². The average Bonchev–Trinajstić information content (AvgIpc) is 2.03. The van der Waals surface area contributed by atoms with E-state index >= 15 is 0 Å². The van der Waals surface area contributed by atoms with Crippen LogP contribution in [0.2, 0.25) is 5.28 Å². The van der Waals surface area contributed by atoms with Crippen LogP contribution in [0.15, 0.2) is 0 Å². The summed E-state index contributed by atoms with van der Waals surface area (Å²) >= 11 is 5.51. The molecular weight excluding hydrogens is 178 g/mol. The number of nitrogens with two attached hydrogens (primary N) is 1. The molecule has 1 aromatic heterocycles. The van der Waals surface area contributed by atoms with Crippen molar-refractivity contribution < 1.29 is 0 Å². The van der Waals surface area contributed by atoms with Crippen molar-refractivity contribution in [3.05, 3.63) is 10.8 Å². The van der Waals surface area contributed by atoms with E-state index in [1.54, 1.807) is 7.05 Å². The standard InChI is InChI=1S/C6H6ClN5/c1-10-5-3(2-8)4(9)11-6(7)12-5/h1H3,(H3,9,10,11,12). The minimum atomic E-state index is 0.0239. The van der Waals surface area contributed by atoms with Crippen molar-refractivity contribution in [2.24, 2.45) is 0 Å². The number of halogens is 1. The number of hydrogen-bond acceptors (Lipinski definition) is 5. The highest BCUT2D eigenvalue weighted by molar-refractivity contribution is 6.28. The molecule has 62 valence electrons. The summed E-state index contributed by atoms with van der Waals surface area (Å²) < 4.78 is 0. The summed E-state index contributed by atoms with van der Waals surface area (Å²) in [5.74, 6) is 0.428. The van der Waals surface area contributed by atoms with E-state index in [1.807, 2.05) is 6.07 Å². The molecule has 1 aromatic rings. The molecule has 0 aliphatic rings. The Hall–Kier alpha value is -1.54. The number of nitrogens with one attached hydrogen (secondary N) is 1. The van der Waals surface area contributed by atoms with Gasteiger partial charge in [0.25, 0.3) is 0 Å². The van der Waals surface area contributed by atoms with Gasteiger partial charge in [0, 0.05) is 7.05 Å². The molecule has 6 heteroatoms. The van der Waals surface area contributed by atoms with Crippen molar-refractivity contribution in [3.63, 3.8) is 0 Å². The molecule has 3 N–H and O–H groups in total. The third kappa shape index (κ3) is 1.38. The Balaban J connectivity index is 3.36. The molecule has 0 amide bonds. The van der Waals surface area contributed by atoms with Gasteiger partial charge in [-0.05, 0) is 11.6 Å². The number of nitrogens with zero attached hydrogens (tertiary/aromatic N) is 3. The highest BCUT2D eigenvalue weighted by atomic mass is 35.5. The van der Waals surface area contributed by atoms with Gasteiger partial charge >= 0.3 is 0 Å². The number of rotatable bonds is 1. The van der Waals surface area contributed by atoms with Gasteiger partial charge in [-0.1, -0.05) is 0 Å². The summed E-state index contributed by atoms with van der Waals surface area (Å²) in [6, 6.07) is 1.87. The van der Waals surface area contributed by atoms with Gasteiger partial charge in [0.1, 0.15) is 17.5 Å². The van der Waals surface area contributed by atoms with Gasteiger partial charge in [0.15, 0.2) is 5.82 Å². The SMILES string of the molecule is CNc1nc(Cl)nc(N)c1C#N. The average molecular weight is 184 g/mol. The maximum Gasteiger partial charge on any atom is 0.226 e. The maximum absolute atomic E-state index is 8.63. The van der Waals surface area contributed by atoms with Crippen LogP contribution in [0, 0.1) is 11.3 Å². The first-order chi connectivity index (χ1) is 5.69. The fourth-order valence-electron chi connectivity index (χ4n) is 0.741. The minimum Gasteiger partial charge on any atom is -0.382 e. The number of aromatic nitrogens is 2. The fourth-order valence-corrected chi connectivity index (χ4v) is 0.916. The molecular formula is C6H6ClN5. The van der Waals surface area contributed by atoms with Crippen LogP contribution >= 0.6 is 11.6 Å². The Morgan fingerprint density at radius 1 is 1.58 bits per heavy atom. The normalized spacial score (nSPS) is 9.08. The number of anilines is 2. The molecule has 0 saturated heterocycles. The lowest BCUT2D eigenvalue weighted by atomic mass is 10.3. The van der Waals surface area contributed by atoms with E-state index in [0.29, 0.717) is 5.82 Å². The van der Waals surface area contributed by atoms with Crippen LogP contribution in [0.1, 0.15) is 5.56 Å². The van der Waals surface area contributed by atoms with Crippen LogP contribution in [0.5, 0.6) is 0 Å². The van der Waals surface area contributed by atoms with Crippen LogP contribution in [0.4, 0.5) is 11.6 Å². The zero-order valence-corrected chi connectivity index (χ0v) is 7.05. The highest BCUT2D eigenvalue weighted by Gasteiger charge is 2.08. The topological polar surface area (TPSA) is 87.6 Å². The third-order valence-corrected chi connectivity index (χ3v) is 1.43. The molecule has 1 rings (SSSR count). The fraction of sp³-hybridized carbons (Fsp3) is 0.167. The zero-order chi connectivity index (χ0) is 9.14. The zero-order valence-electron chi connectivity index (χ0n) is 6.30. The lowest BCUT2D eigenvalue weighted by molar-refractivity contribution is 1.15. The summed E-state index contributed by atoms with van der Waals surface area (Å²) in [7, 11) is 1.62. The van der Waals surface area contributed by atoms with Gasteiger partial charge in [-0.2, -0.15) is 15.2 Å². The first-order valence-corrected chi connectivity index (χ1v) is 3.47. The second-order valence-corrected chi connectivity index (χ2v) is 2.30. The smallest absolute Gasteiger partial charge is 0.226 e. The molecule has 0 radical (unpaired) electrons. The maximum atomic E-state index is 8.63. The van der Waals surface area contributed by atoms with Crippen molar-refractivity contribution >= 4 is 23.2 Å². The molecule has 0 aliphatic carbocycles. The largest absolute Gasteiger partial charge is 0.382 e. The van der Waals surface area contributed by atoms with Crippen molar-refractivity contribution in [1.29, 1.82) is 5.26 Å². The van der Waals surface area contributed by atoms with Crippen molar-refractivity contribution in [3.8, 4) is 6.07 Å². The van der Waals surface area contributed by atoms with Crippen LogP contribution < -0.4 is 11.1 Å². The highest BCUT2D eigenvalue weighted by Crippen LogP contribution is 2.18. The number of hydrogen-bond donors (Lipinski definition) is 2. The van der Waals surface area contributed by atoms with E-state index in [-0.39, 0.29) is 16.7 Å². The predicted molar refractivity (Wildman–Crippen MR) is 45.7 cm³/mol. The molecule has 1 heterocycles. The summed E-state index contributed by atoms with van der Waals surface area (Å²) in [6.45, 7) is 0. The van der Waals surface area contributed by atoms with E-state index < -0.39 is 0 Å². The van der Waals surface area contributed by atoms with E-state index in [2.05, 4.69) is 15.3 Å². The molecule has 12 heavy (non-hydrogen) atoms. The van der Waals surface area contributed by atoms with Crippen LogP contribution in [-0.4, -0.2) is 17.0 Å². The molecule has 0 spiro atoms. The van der Waals surface area contributed by atoms with Crippen LogP contribution in [-0.2, 0) is 0 Å². The molecule has 0 aromatic carbocycles. The molecule has 0 unspecified atom stereocenters. The number of nitriles is 1. The van der Waals surface area contributed by atoms with Crippen LogP contribution in [0.3, 0.4) is 0 Å². The first-order valence-electron chi connectivity index (χ1n) is 3.10. The van der Waals surface area contributed by atoms with Gasteiger partial charge in [0.05, 0.1) is 0 Å². The van der Waals surface area contributed by atoms with Gasteiger partial charge in [-0.3, -0.25) is 0 Å². The van der Waals surface area contributed by atoms with Crippen molar-refractivity contribution in [1.82, 2.24) is 9.97 Å². The van der Waals surface area contributed by atoms with E-state index in [4.69, 9.17) is 22.6 Å². The molecule has 0 aliphatic heterocycles. The van der Waals surface area contributed by atoms with E-state index in [9.17, 15) is 0 Å². The van der Waals surface area contributed by atoms with Crippen molar-refractivity contribution in [2.75, 3.05) is 18.1 Å². The summed E-state index contributed by atoms with van der Waals surface area (Å²) in [5, 5.41) is 11.3. The van der Waals surface area contributed by atoms with Crippen LogP contribution in [0.25, 0.3) is 0 Å².